The van der Waals surface area contributed by atoms with Gasteiger partial charge in [0.15, 0.2) is 18.1 Å². The molecule has 1 unspecified atom stereocenters. The molecular weight excluding hydrogens is 250 g/mol. The number of carbonyl (C=O) groups is 1. The molecule has 1 fully saturated rings. The Hall–Kier alpha value is -1.79. The second-order valence-corrected chi connectivity index (χ2v) is 4.25. The molecule has 1 amide bonds. The molecule has 1 aromatic carbocycles. The fraction of sp³-hybridized carbons (Fsp3) is 0.462. The number of aliphatic hydroxyl groups is 1. The number of carbonyl (C=O) groups excluding carboxylic acids is 1. The fourth-order valence-corrected chi connectivity index (χ4v) is 1.94. The van der Waals surface area contributed by atoms with E-state index in [2.05, 4.69) is 0 Å². The molecule has 1 aliphatic heterocycles. The van der Waals surface area contributed by atoms with Gasteiger partial charge in [0.25, 0.3) is 5.91 Å². The van der Waals surface area contributed by atoms with Gasteiger partial charge in [0.1, 0.15) is 0 Å². The van der Waals surface area contributed by atoms with Crippen LogP contribution in [0.5, 0.6) is 11.5 Å². The maximum Gasteiger partial charge on any atom is 0.260 e. The number of rotatable bonds is 4. The number of benzene rings is 1. The Bertz CT molecular complexity index is 437. The number of aliphatic hydroxyl groups excluding tert-OH is 1. The van der Waals surface area contributed by atoms with Gasteiger partial charge < -0.3 is 24.6 Å². The summed E-state index contributed by atoms with van der Waals surface area (Å²) < 4.78 is 10.5. The molecule has 2 N–H and O–H groups in total. The Morgan fingerprint density at radius 1 is 1.47 bits per heavy atom. The van der Waals surface area contributed by atoms with Gasteiger partial charge in [0.2, 0.25) is 0 Å². The zero-order chi connectivity index (χ0) is 13.7. The molecule has 19 heavy (non-hydrogen) atoms. The van der Waals surface area contributed by atoms with Crippen LogP contribution in [0.15, 0.2) is 24.3 Å². The summed E-state index contributed by atoms with van der Waals surface area (Å²) >= 11 is 0. The maximum absolute atomic E-state index is 12.0. The summed E-state index contributed by atoms with van der Waals surface area (Å²) in [5.74, 6) is 0.0336. The lowest BCUT2D eigenvalue weighted by atomic mass is 10.2. The van der Waals surface area contributed by atoms with Crippen molar-refractivity contribution in [1.29, 1.82) is 0 Å². The lowest BCUT2D eigenvalue weighted by molar-refractivity contribution is -0.143. The summed E-state index contributed by atoms with van der Waals surface area (Å²) in [7, 11) is 0. The molecule has 0 spiro atoms. The van der Waals surface area contributed by atoms with Crippen molar-refractivity contribution in [3.63, 3.8) is 0 Å². The van der Waals surface area contributed by atoms with Gasteiger partial charge in [0, 0.05) is 6.54 Å². The predicted octanol–water partition coefficient (Wildman–Crippen LogP) is -0.00930. The van der Waals surface area contributed by atoms with Crippen molar-refractivity contribution in [1.82, 2.24) is 4.90 Å². The van der Waals surface area contributed by atoms with Crippen molar-refractivity contribution in [3.8, 4) is 11.5 Å². The summed E-state index contributed by atoms with van der Waals surface area (Å²) in [6, 6.07) is 6.14. The van der Waals surface area contributed by atoms with Crippen molar-refractivity contribution in [3.05, 3.63) is 24.3 Å². The van der Waals surface area contributed by atoms with Crippen LogP contribution in [0.25, 0.3) is 0 Å². The van der Waals surface area contributed by atoms with E-state index in [0.717, 1.165) is 0 Å². The van der Waals surface area contributed by atoms with Gasteiger partial charge in [-0.25, -0.2) is 0 Å². The van der Waals surface area contributed by atoms with E-state index < -0.39 is 0 Å². The molecule has 0 bridgehead atoms. The number of hydrogen-bond acceptors (Lipinski definition) is 5. The van der Waals surface area contributed by atoms with E-state index in [9.17, 15) is 15.0 Å². The average Bonchev–Trinajstić information content (AvgIpc) is 2.46. The quantitative estimate of drug-likeness (QED) is 0.802. The number of phenols is 1. The SMILES string of the molecule is O=C(COc1ccccc1O)N1CCOCC1CO. The van der Waals surface area contributed by atoms with Crippen LogP contribution in [-0.2, 0) is 9.53 Å². The Morgan fingerprint density at radius 2 is 2.26 bits per heavy atom. The first-order valence-corrected chi connectivity index (χ1v) is 6.11. The molecule has 0 aromatic heterocycles. The third kappa shape index (κ3) is 3.36. The number of phenolic OH excluding ortho intramolecular Hbond substituents is 1. The smallest absolute Gasteiger partial charge is 0.260 e. The van der Waals surface area contributed by atoms with E-state index in [1.807, 2.05) is 0 Å². The van der Waals surface area contributed by atoms with Gasteiger partial charge in [0.05, 0.1) is 25.9 Å². The van der Waals surface area contributed by atoms with Crippen LogP contribution in [0.4, 0.5) is 0 Å². The molecule has 104 valence electrons. The Balaban J connectivity index is 1.92. The first-order valence-electron chi connectivity index (χ1n) is 6.11. The van der Waals surface area contributed by atoms with Crippen molar-refractivity contribution in [2.45, 2.75) is 6.04 Å². The molecule has 6 nitrogen and oxygen atoms in total. The van der Waals surface area contributed by atoms with Gasteiger partial charge in [-0.2, -0.15) is 0 Å². The molecule has 0 saturated carbocycles. The van der Waals surface area contributed by atoms with Crippen molar-refractivity contribution >= 4 is 5.91 Å². The van der Waals surface area contributed by atoms with Gasteiger partial charge in [-0.15, -0.1) is 0 Å². The van der Waals surface area contributed by atoms with Gasteiger partial charge in [-0.05, 0) is 12.1 Å². The molecule has 6 heteroatoms. The number of amides is 1. The van der Waals surface area contributed by atoms with E-state index in [1.54, 1.807) is 23.1 Å². The zero-order valence-electron chi connectivity index (χ0n) is 10.5. The van der Waals surface area contributed by atoms with E-state index >= 15 is 0 Å². The molecule has 1 atom stereocenters. The molecule has 2 rings (SSSR count). The third-order valence-electron chi connectivity index (χ3n) is 2.98. The highest BCUT2D eigenvalue weighted by atomic mass is 16.5. The number of nitrogens with zero attached hydrogens (tertiary/aromatic N) is 1. The maximum atomic E-state index is 12.0. The Kier molecular flexibility index (Phi) is 4.59. The van der Waals surface area contributed by atoms with Gasteiger partial charge in [-0.1, -0.05) is 12.1 Å². The van der Waals surface area contributed by atoms with Crippen LogP contribution in [0.2, 0.25) is 0 Å². The highest BCUT2D eigenvalue weighted by Gasteiger charge is 2.26. The molecular formula is C13H17NO5. The normalized spacial score (nSPS) is 19.2. The molecule has 1 aromatic rings. The summed E-state index contributed by atoms with van der Waals surface area (Å²) in [5, 5.41) is 18.7. The Labute approximate surface area is 111 Å². The van der Waals surface area contributed by atoms with Gasteiger partial charge in [-0.3, -0.25) is 4.79 Å². The fourth-order valence-electron chi connectivity index (χ4n) is 1.94. The molecule has 1 aliphatic rings. The minimum atomic E-state index is -0.325. The monoisotopic (exact) mass is 267 g/mol. The van der Waals surface area contributed by atoms with Crippen molar-refractivity contribution in [2.75, 3.05) is 33.0 Å². The Morgan fingerprint density at radius 3 is 3.00 bits per heavy atom. The van der Waals surface area contributed by atoms with Gasteiger partial charge >= 0.3 is 0 Å². The van der Waals surface area contributed by atoms with Crippen LogP contribution in [0, 0.1) is 0 Å². The summed E-state index contributed by atoms with van der Waals surface area (Å²) in [4.78, 5) is 13.5. The second kappa shape index (κ2) is 6.40. The second-order valence-electron chi connectivity index (χ2n) is 4.25. The van der Waals surface area contributed by atoms with E-state index in [0.29, 0.717) is 19.8 Å². The standard InChI is InChI=1S/C13H17NO5/c15-7-10-8-18-6-5-14(10)13(17)9-19-12-4-2-1-3-11(12)16/h1-4,10,15-16H,5-9H2. The number of para-hydroxylation sites is 2. The number of ether oxygens (including phenoxy) is 2. The molecule has 0 aliphatic carbocycles. The van der Waals surface area contributed by atoms with Crippen LogP contribution < -0.4 is 4.74 Å². The van der Waals surface area contributed by atoms with Crippen LogP contribution in [0.1, 0.15) is 0 Å². The van der Waals surface area contributed by atoms with Crippen LogP contribution >= 0.6 is 0 Å². The largest absolute Gasteiger partial charge is 0.504 e. The average molecular weight is 267 g/mol. The first-order chi connectivity index (χ1) is 9.22. The summed E-state index contributed by atoms with van der Waals surface area (Å²) in [6.07, 6.45) is 0. The zero-order valence-corrected chi connectivity index (χ0v) is 10.5. The number of aromatic hydroxyl groups is 1. The number of morpholine rings is 1. The highest BCUT2D eigenvalue weighted by Crippen LogP contribution is 2.24. The minimum absolute atomic E-state index is 0.00372. The summed E-state index contributed by atoms with van der Waals surface area (Å²) in [5.41, 5.74) is 0. The molecule has 1 saturated heterocycles. The van der Waals surface area contributed by atoms with Crippen LogP contribution in [0.3, 0.4) is 0 Å². The van der Waals surface area contributed by atoms with E-state index in [-0.39, 0.29) is 36.7 Å². The van der Waals surface area contributed by atoms with Crippen molar-refractivity contribution < 1.29 is 24.5 Å². The van der Waals surface area contributed by atoms with E-state index in [4.69, 9.17) is 9.47 Å². The first kappa shape index (κ1) is 13.6. The van der Waals surface area contributed by atoms with E-state index in [1.165, 1.54) is 6.07 Å². The lowest BCUT2D eigenvalue weighted by Crippen LogP contribution is -2.51. The minimum Gasteiger partial charge on any atom is -0.504 e. The topological polar surface area (TPSA) is 79.2 Å². The third-order valence-corrected chi connectivity index (χ3v) is 2.98. The van der Waals surface area contributed by atoms with Crippen molar-refractivity contribution in [2.24, 2.45) is 0 Å². The predicted molar refractivity (Wildman–Crippen MR) is 67.0 cm³/mol. The lowest BCUT2D eigenvalue weighted by Gasteiger charge is -2.34. The number of hydrogen-bond donors (Lipinski definition) is 2. The summed E-state index contributed by atoms with van der Waals surface area (Å²) in [6.45, 7) is 0.919. The highest BCUT2D eigenvalue weighted by molar-refractivity contribution is 5.78. The molecule has 0 radical (unpaired) electrons. The van der Waals surface area contributed by atoms with Crippen LogP contribution in [-0.4, -0.2) is 60.0 Å². The molecule has 1 heterocycles.